The van der Waals surface area contributed by atoms with Gasteiger partial charge in [0.1, 0.15) is 5.75 Å². The summed E-state index contributed by atoms with van der Waals surface area (Å²) in [5, 5.41) is 12.7. The summed E-state index contributed by atoms with van der Waals surface area (Å²) < 4.78 is 1.06. The summed E-state index contributed by atoms with van der Waals surface area (Å²) in [5.74, 6) is 1.55. The van der Waals surface area contributed by atoms with Crippen molar-refractivity contribution in [2.75, 3.05) is 31.1 Å². The molecular formula is C20H21BrN3O+. The molecule has 4 rings (SSSR count). The Labute approximate surface area is 155 Å². The number of benzene rings is 2. The van der Waals surface area contributed by atoms with E-state index >= 15 is 0 Å². The van der Waals surface area contributed by atoms with E-state index in [9.17, 15) is 5.11 Å². The Morgan fingerprint density at radius 1 is 1.00 bits per heavy atom. The van der Waals surface area contributed by atoms with Crippen LogP contribution in [0, 0.1) is 0 Å². The van der Waals surface area contributed by atoms with Gasteiger partial charge >= 0.3 is 0 Å². The van der Waals surface area contributed by atoms with E-state index in [1.807, 2.05) is 24.4 Å². The minimum atomic E-state index is 0.383. The van der Waals surface area contributed by atoms with Gasteiger partial charge in [-0.2, -0.15) is 0 Å². The Kier molecular flexibility index (Phi) is 4.59. The number of hydrogen-bond acceptors (Lipinski definition) is 3. The van der Waals surface area contributed by atoms with Gasteiger partial charge in [0.05, 0.1) is 19.3 Å². The second-order valence-corrected chi connectivity index (χ2v) is 7.36. The molecule has 128 valence electrons. The van der Waals surface area contributed by atoms with Crippen LogP contribution in [0.5, 0.6) is 5.75 Å². The Balaban J connectivity index is 1.50. The van der Waals surface area contributed by atoms with Gasteiger partial charge in [-0.25, -0.2) is 4.98 Å². The minimum absolute atomic E-state index is 0.383. The van der Waals surface area contributed by atoms with E-state index in [-0.39, 0.29) is 0 Å². The predicted molar refractivity (Wildman–Crippen MR) is 104 cm³/mol. The molecule has 0 saturated carbocycles. The van der Waals surface area contributed by atoms with Gasteiger partial charge in [-0.05, 0) is 35.0 Å². The summed E-state index contributed by atoms with van der Waals surface area (Å²) in [6, 6.07) is 16.2. The lowest BCUT2D eigenvalue weighted by Gasteiger charge is -2.31. The van der Waals surface area contributed by atoms with Crippen LogP contribution in [0.25, 0.3) is 10.8 Å². The fourth-order valence-electron chi connectivity index (χ4n) is 3.47. The van der Waals surface area contributed by atoms with E-state index in [4.69, 9.17) is 0 Å². The van der Waals surface area contributed by atoms with Gasteiger partial charge in [0.25, 0.3) is 5.82 Å². The van der Waals surface area contributed by atoms with Crippen molar-refractivity contribution in [3.05, 3.63) is 64.8 Å². The van der Waals surface area contributed by atoms with E-state index in [0.29, 0.717) is 5.75 Å². The standard InChI is InChI=1S/C20H20BrN3O/c21-16-5-6-17-15(13-16)4-7-19(25)18(17)14-23-9-11-24(12-10-23)20-3-1-2-8-22-20/h1-8,13,25H,9-12,14H2/p+1. The molecule has 0 atom stereocenters. The Hall–Kier alpha value is -2.11. The van der Waals surface area contributed by atoms with Crippen molar-refractivity contribution in [1.82, 2.24) is 4.90 Å². The number of piperazine rings is 1. The second-order valence-electron chi connectivity index (χ2n) is 6.44. The van der Waals surface area contributed by atoms with Gasteiger partial charge in [-0.15, -0.1) is 0 Å². The van der Waals surface area contributed by atoms with E-state index < -0.39 is 0 Å². The number of rotatable bonds is 3. The number of aromatic hydroxyl groups is 1. The van der Waals surface area contributed by atoms with E-state index in [2.05, 4.69) is 55.0 Å². The summed E-state index contributed by atoms with van der Waals surface area (Å²) >= 11 is 3.52. The predicted octanol–water partition coefficient (Wildman–Crippen LogP) is 3.44. The second kappa shape index (κ2) is 7.02. The number of halogens is 1. The molecule has 2 heterocycles. The van der Waals surface area contributed by atoms with Crippen molar-refractivity contribution in [1.29, 1.82) is 0 Å². The van der Waals surface area contributed by atoms with Crippen molar-refractivity contribution in [3.63, 3.8) is 0 Å². The molecule has 3 aromatic rings. The molecular weight excluding hydrogens is 378 g/mol. The summed E-state index contributed by atoms with van der Waals surface area (Å²) in [6.07, 6.45) is 1.97. The zero-order valence-corrected chi connectivity index (χ0v) is 15.5. The van der Waals surface area contributed by atoms with Crippen molar-refractivity contribution < 1.29 is 10.1 Å². The van der Waals surface area contributed by atoms with Gasteiger partial charge in [0, 0.05) is 35.7 Å². The monoisotopic (exact) mass is 398 g/mol. The Morgan fingerprint density at radius 3 is 2.60 bits per heavy atom. The van der Waals surface area contributed by atoms with Crippen LogP contribution >= 0.6 is 15.9 Å². The molecule has 25 heavy (non-hydrogen) atoms. The number of hydrogen-bond donors (Lipinski definition) is 1. The topological polar surface area (TPSA) is 40.9 Å². The fraction of sp³-hybridized carbons (Fsp3) is 0.250. The van der Waals surface area contributed by atoms with E-state index in [1.54, 1.807) is 6.07 Å². The van der Waals surface area contributed by atoms with Gasteiger partial charge < -0.3 is 5.11 Å². The summed E-state index contributed by atoms with van der Waals surface area (Å²) in [7, 11) is 0. The van der Waals surface area contributed by atoms with Gasteiger partial charge in [-0.1, -0.05) is 34.1 Å². The Bertz CT molecular complexity index is 877. The lowest BCUT2D eigenvalue weighted by Crippen LogP contribution is -2.47. The van der Waals surface area contributed by atoms with Crippen LogP contribution in [0.2, 0.25) is 0 Å². The summed E-state index contributed by atoms with van der Waals surface area (Å²) in [6.45, 7) is 4.70. The molecule has 2 N–H and O–H groups in total. The third kappa shape index (κ3) is 3.48. The van der Waals surface area contributed by atoms with Gasteiger partial charge in [0.2, 0.25) is 0 Å². The lowest BCUT2D eigenvalue weighted by molar-refractivity contribution is -0.364. The van der Waals surface area contributed by atoms with Gasteiger partial charge in [-0.3, -0.25) is 9.80 Å². The summed E-state index contributed by atoms with van der Waals surface area (Å²) in [5.41, 5.74) is 1.02. The van der Waals surface area contributed by atoms with Gasteiger partial charge in [0.15, 0.2) is 0 Å². The molecule has 0 unspecified atom stereocenters. The number of anilines is 1. The Morgan fingerprint density at radius 2 is 1.84 bits per heavy atom. The number of phenols is 1. The van der Waals surface area contributed by atoms with Crippen molar-refractivity contribution in [2.45, 2.75) is 6.54 Å². The van der Waals surface area contributed by atoms with Crippen LogP contribution in [0.3, 0.4) is 0 Å². The molecule has 0 aliphatic carbocycles. The average Bonchev–Trinajstić information content (AvgIpc) is 2.65. The molecule has 1 saturated heterocycles. The highest BCUT2D eigenvalue weighted by Gasteiger charge is 2.24. The van der Waals surface area contributed by atoms with Crippen molar-refractivity contribution in [2.24, 2.45) is 0 Å². The number of nitrogens with one attached hydrogen (secondary N) is 1. The van der Waals surface area contributed by atoms with Crippen LogP contribution in [-0.2, 0) is 6.54 Å². The fourth-order valence-corrected chi connectivity index (χ4v) is 3.85. The summed E-state index contributed by atoms with van der Waals surface area (Å²) in [4.78, 5) is 8.09. The van der Waals surface area contributed by atoms with Crippen molar-refractivity contribution in [3.8, 4) is 5.75 Å². The quantitative estimate of drug-likeness (QED) is 0.734. The normalized spacial score (nSPS) is 15.6. The number of aromatic nitrogens is 1. The number of fused-ring (bicyclic) bond motifs is 1. The molecule has 1 fully saturated rings. The first-order valence-corrected chi connectivity index (χ1v) is 9.34. The smallest absolute Gasteiger partial charge is 0.274 e. The first-order chi connectivity index (χ1) is 12.2. The van der Waals surface area contributed by atoms with Crippen LogP contribution in [0.1, 0.15) is 5.56 Å². The first kappa shape index (κ1) is 16.4. The third-order valence-electron chi connectivity index (χ3n) is 4.86. The maximum Gasteiger partial charge on any atom is 0.274 e. The van der Waals surface area contributed by atoms with Crippen LogP contribution in [-0.4, -0.2) is 36.2 Å². The number of H-pyrrole nitrogens is 1. The minimum Gasteiger partial charge on any atom is -0.508 e. The molecule has 4 nitrogen and oxygen atoms in total. The number of phenolic OH excluding ortho intramolecular Hbond substituents is 1. The lowest BCUT2D eigenvalue weighted by atomic mass is 10.0. The van der Waals surface area contributed by atoms with Crippen LogP contribution < -0.4 is 9.88 Å². The first-order valence-electron chi connectivity index (χ1n) is 8.55. The van der Waals surface area contributed by atoms with E-state index in [0.717, 1.165) is 53.5 Å². The maximum atomic E-state index is 10.4. The molecule has 0 radical (unpaired) electrons. The molecule has 0 spiro atoms. The number of aromatic amines is 1. The molecule has 1 aliphatic heterocycles. The van der Waals surface area contributed by atoms with E-state index in [1.165, 1.54) is 5.82 Å². The highest BCUT2D eigenvalue weighted by Crippen LogP contribution is 2.30. The van der Waals surface area contributed by atoms with Crippen LogP contribution in [0.15, 0.2) is 59.2 Å². The molecule has 2 aromatic carbocycles. The maximum absolute atomic E-state index is 10.4. The molecule has 0 amide bonds. The number of nitrogens with zero attached hydrogens (tertiary/aromatic N) is 2. The molecule has 5 heteroatoms. The molecule has 1 aromatic heterocycles. The zero-order chi connectivity index (χ0) is 17.2. The van der Waals surface area contributed by atoms with Crippen LogP contribution in [0.4, 0.5) is 5.82 Å². The zero-order valence-electron chi connectivity index (χ0n) is 14.0. The highest BCUT2D eigenvalue weighted by atomic mass is 79.9. The average molecular weight is 399 g/mol. The SMILES string of the molecule is Oc1ccc2cc(Br)ccc2c1CN1CCN(c2cccc[nH+]2)CC1. The highest BCUT2D eigenvalue weighted by molar-refractivity contribution is 9.10. The number of pyridine rings is 1. The largest absolute Gasteiger partial charge is 0.508 e. The van der Waals surface area contributed by atoms with Crippen molar-refractivity contribution >= 4 is 32.5 Å². The third-order valence-corrected chi connectivity index (χ3v) is 5.35. The molecule has 1 aliphatic rings. The molecule has 0 bridgehead atoms.